The molecular formula is C12H17ClO3S. The molecule has 0 heterocycles. The molecule has 0 saturated carbocycles. The van der Waals surface area contributed by atoms with Crippen LogP contribution in [0.4, 0.5) is 0 Å². The smallest absolute Gasteiger partial charge is 0.147 e. The van der Waals surface area contributed by atoms with Crippen LogP contribution in [0.15, 0.2) is 24.3 Å². The van der Waals surface area contributed by atoms with Crippen LogP contribution >= 0.6 is 11.6 Å². The first-order valence-corrected chi connectivity index (χ1v) is 7.81. The van der Waals surface area contributed by atoms with E-state index < -0.39 is 15.4 Å². The molecule has 0 aliphatic heterocycles. The third-order valence-electron chi connectivity index (χ3n) is 2.63. The molecular weight excluding hydrogens is 260 g/mol. The Bertz CT molecular complexity index is 480. The molecule has 1 aromatic carbocycles. The monoisotopic (exact) mass is 276 g/mol. The molecule has 0 fully saturated rings. The van der Waals surface area contributed by atoms with Crippen LogP contribution in [0.1, 0.15) is 25.3 Å². The fraction of sp³-hybridized carbons (Fsp3) is 0.500. The first-order chi connectivity index (χ1) is 7.71. The van der Waals surface area contributed by atoms with Gasteiger partial charge in [-0.1, -0.05) is 23.7 Å². The van der Waals surface area contributed by atoms with Gasteiger partial charge in [0.2, 0.25) is 0 Å². The molecule has 0 bridgehead atoms. The van der Waals surface area contributed by atoms with Gasteiger partial charge in [0, 0.05) is 17.0 Å². The van der Waals surface area contributed by atoms with Gasteiger partial charge in [0.25, 0.3) is 0 Å². The van der Waals surface area contributed by atoms with Crippen molar-refractivity contribution in [3.63, 3.8) is 0 Å². The topological polar surface area (TPSA) is 54.4 Å². The lowest BCUT2D eigenvalue weighted by Gasteiger charge is -2.23. The molecule has 1 unspecified atom stereocenters. The molecule has 96 valence electrons. The Labute approximate surface area is 107 Å². The van der Waals surface area contributed by atoms with Crippen molar-refractivity contribution in [2.24, 2.45) is 0 Å². The van der Waals surface area contributed by atoms with Crippen molar-refractivity contribution in [2.45, 2.75) is 25.4 Å². The number of sulfone groups is 1. The lowest BCUT2D eigenvalue weighted by molar-refractivity contribution is 0.0472. The Kier molecular flexibility index (Phi) is 4.58. The van der Waals surface area contributed by atoms with E-state index in [1.165, 1.54) is 6.26 Å². The normalized spacial score (nSPS) is 15.5. The molecule has 3 nitrogen and oxygen atoms in total. The SMILES string of the molecule is CC(O)(CCCS(C)(=O)=O)c1cccc(Cl)c1. The maximum absolute atomic E-state index is 11.0. The second-order valence-electron chi connectivity index (χ2n) is 4.52. The van der Waals surface area contributed by atoms with E-state index in [1.54, 1.807) is 31.2 Å². The summed E-state index contributed by atoms with van der Waals surface area (Å²) >= 11 is 5.85. The van der Waals surface area contributed by atoms with E-state index in [2.05, 4.69) is 0 Å². The Balaban J connectivity index is 2.69. The molecule has 1 rings (SSSR count). The first-order valence-electron chi connectivity index (χ1n) is 5.37. The quantitative estimate of drug-likeness (QED) is 0.898. The van der Waals surface area contributed by atoms with E-state index in [4.69, 9.17) is 11.6 Å². The zero-order valence-corrected chi connectivity index (χ0v) is 11.6. The maximum Gasteiger partial charge on any atom is 0.147 e. The summed E-state index contributed by atoms with van der Waals surface area (Å²) in [5, 5.41) is 10.8. The second-order valence-corrected chi connectivity index (χ2v) is 7.21. The van der Waals surface area contributed by atoms with Gasteiger partial charge in [-0.3, -0.25) is 0 Å². The van der Waals surface area contributed by atoms with Gasteiger partial charge >= 0.3 is 0 Å². The summed E-state index contributed by atoms with van der Waals surface area (Å²) in [6, 6.07) is 6.98. The van der Waals surface area contributed by atoms with Crippen LogP contribution in [0.2, 0.25) is 5.02 Å². The van der Waals surface area contributed by atoms with Crippen LogP contribution in [0.5, 0.6) is 0 Å². The number of hydrogen-bond donors (Lipinski definition) is 1. The number of hydrogen-bond acceptors (Lipinski definition) is 3. The summed E-state index contributed by atoms with van der Waals surface area (Å²) < 4.78 is 22.0. The molecule has 0 aliphatic carbocycles. The molecule has 0 radical (unpaired) electrons. The van der Waals surface area contributed by atoms with Crippen molar-refractivity contribution >= 4 is 21.4 Å². The highest BCUT2D eigenvalue weighted by atomic mass is 35.5. The largest absolute Gasteiger partial charge is 0.385 e. The van der Waals surface area contributed by atoms with Gasteiger partial charge in [0.1, 0.15) is 9.84 Å². The Morgan fingerprint density at radius 2 is 2.06 bits per heavy atom. The molecule has 0 aliphatic rings. The molecule has 1 aromatic rings. The predicted molar refractivity (Wildman–Crippen MR) is 70.0 cm³/mol. The highest BCUT2D eigenvalue weighted by Crippen LogP contribution is 2.27. The van der Waals surface area contributed by atoms with Gasteiger partial charge in [-0.2, -0.15) is 0 Å². The van der Waals surface area contributed by atoms with Crippen LogP contribution in [0.3, 0.4) is 0 Å². The Morgan fingerprint density at radius 1 is 1.41 bits per heavy atom. The molecule has 1 atom stereocenters. The average molecular weight is 277 g/mol. The number of halogens is 1. The van der Waals surface area contributed by atoms with Crippen molar-refractivity contribution in [2.75, 3.05) is 12.0 Å². The van der Waals surface area contributed by atoms with E-state index in [1.807, 2.05) is 0 Å². The Morgan fingerprint density at radius 3 is 2.59 bits per heavy atom. The zero-order chi connectivity index (χ0) is 13.1. The summed E-state index contributed by atoms with van der Waals surface area (Å²) in [6.45, 7) is 1.67. The molecule has 0 amide bonds. The van der Waals surface area contributed by atoms with E-state index >= 15 is 0 Å². The van der Waals surface area contributed by atoms with Crippen molar-refractivity contribution in [3.8, 4) is 0 Å². The fourth-order valence-corrected chi connectivity index (χ4v) is 2.51. The van der Waals surface area contributed by atoms with Gasteiger partial charge in [-0.25, -0.2) is 8.42 Å². The van der Waals surface area contributed by atoms with Crippen molar-refractivity contribution in [3.05, 3.63) is 34.9 Å². The zero-order valence-electron chi connectivity index (χ0n) is 9.98. The van der Waals surface area contributed by atoms with Crippen LogP contribution in [-0.2, 0) is 15.4 Å². The van der Waals surface area contributed by atoms with E-state index in [9.17, 15) is 13.5 Å². The van der Waals surface area contributed by atoms with Gasteiger partial charge < -0.3 is 5.11 Å². The van der Waals surface area contributed by atoms with E-state index in [0.717, 1.165) is 0 Å². The summed E-state index contributed by atoms with van der Waals surface area (Å²) in [6.07, 6.45) is 2.01. The highest BCUT2D eigenvalue weighted by molar-refractivity contribution is 7.90. The van der Waals surface area contributed by atoms with Crippen LogP contribution in [0.25, 0.3) is 0 Å². The van der Waals surface area contributed by atoms with Crippen molar-refractivity contribution in [1.82, 2.24) is 0 Å². The third kappa shape index (κ3) is 5.06. The minimum absolute atomic E-state index is 0.0870. The summed E-state index contributed by atoms with van der Waals surface area (Å²) in [5.41, 5.74) is -0.339. The van der Waals surface area contributed by atoms with E-state index in [-0.39, 0.29) is 5.75 Å². The summed E-state index contributed by atoms with van der Waals surface area (Å²) in [7, 11) is -2.97. The predicted octanol–water partition coefficient (Wildman–Crippen LogP) is 2.37. The average Bonchev–Trinajstić information content (AvgIpc) is 2.15. The molecule has 0 spiro atoms. The lowest BCUT2D eigenvalue weighted by atomic mass is 9.91. The lowest BCUT2D eigenvalue weighted by Crippen LogP contribution is -2.22. The summed E-state index contributed by atoms with van der Waals surface area (Å²) in [4.78, 5) is 0. The molecule has 1 N–H and O–H groups in total. The van der Waals surface area contributed by atoms with Crippen LogP contribution < -0.4 is 0 Å². The summed E-state index contributed by atoms with van der Waals surface area (Å²) in [5.74, 6) is 0.0870. The number of rotatable bonds is 5. The van der Waals surface area contributed by atoms with Crippen LogP contribution in [-0.4, -0.2) is 25.5 Å². The van der Waals surface area contributed by atoms with Gasteiger partial charge in [0.15, 0.2) is 0 Å². The van der Waals surface area contributed by atoms with Gasteiger partial charge in [0.05, 0.1) is 5.60 Å². The maximum atomic E-state index is 11.0. The van der Waals surface area contributed by atoms with Crippen molar-refractivity contribution in [1.29, 1.82) is 0 Å². The number of benzene rings is 1. The third-order valence-corrected chi connectivity index (χ3v) is 3.89. The standard InChI is InChI=1S/C12H17ClO3S/c1-12(14,7-4-8-17(2,15)16)10-5-3-6-11(13)9-10/h3,5-6,9,14H,4,7-8H2,1-2H3. The van der Waals surface area contributed by atoms with Crippen LogP contribution in [0, 0.1) is 0 Å². The molecule has 0 aromatic heterocycles. The van der Waals surface area contributed by atoms with Gasteiger partial charge in [-0.05, 0) is 37.5 Å². The van der Waals surface area contributed by atoms with Crippen molar-refractivity contribution < 1.29 is 13.5 Å². The Hall–Kier alpha value is -0.580. The van der Waals surface area contributed by atoms with E-state index in [0.29, 0.717) is 23.4 Å². The second kappa shape index (κ2) is 5.38. The molecule has 17 heavy (non-hydrogen) atoms. The van der Waals surface area contributed by atoms with Gasteiger partial charge in [-0.15, -0.1) is 0 Å². The molecule has 5 heteroatoms. The minimum atomic E-state index is -2.97. The minimum Gasteiger partial charge on any atom is -0.385 e. The fourth-order valence-electron chi connectivity index (χ4n) is 1.65. The number of aliphatic hydroxyl groups is 1. The highest BCUT2D eigenvalue weighted by Gasteiger charge is 2.23. The molecule has 0 saturated heterocycles. The first kappa shape index (κ1) is 14.5.